The average Bonchev–Trinajstić information content (AvgIpc) is 2.92. The number of hydrogen-bond acceptors (Lipinski definition) is 4. The first-order valence-corrected chi connectivity index (χ1v) is 9.13. The van der Waals surface area contributed by atoms with Gasteiger partial charge in [-0.15, -0.1) is 0 Å². The van der Waals surface area contributed by atoms with Crippen molar-refractivity contribution in [2.45, 2.75) is 6.61 Å². The number of imide groups is 1. The van der Waals surface area contributed by atoms with E-state index < -0.39 is 11.9 Å². The van der Waals surface area contributed by atoms with Crippen LogP contribution in [0.3, 0.4) is 0 Å². The Kier molecular flexibility index (Phi) is 5.63. The van der Waals surface area contributed by atoms with E-state index in [1.165, 1.54) is 0 Å². The van der Waals surface area contributed by atoms with E-state index in [2.05, 4.69) is 42.5 Å². The fraction of sp³-hybridized carbons (Fsp3) is 0.111. The van der Waals surface area contributed by atoms with Crippen LogP contribution in [0.1, 0.15) is 11.1 Å². The molecule has 0 aromatic heterocycles. The number of benzene rings is 2. The van der Waals surface area contributed by atoms with Crippen molar-refractivity contribution < 1.29 is 19.1 Å². The SMILES string of the molecule is COc1cc(/C=C2/NC(=O)NC2=O)ccc1OCc1ccc(Br)cc1Br. The Bertz CT molecular complexity index is 912. The molecule has 8 heteroatoms. The Morgan fingerprint density at radius 2 is 1.85 bits per heavy atom. The summed E-state index contributed by atoms with van der Waals surface area (Å²) in [6.07, 6.45) is 1.57. The Hall–Kier alpha value is -2.32. The molecule has 3 amide bonds. The molecule has 134 valence electrons. The summed E-state index contributed by atoms with van der Waals surface area (Å²) < 4.78 is 13.2. The van der Waals surface area contributed by atoms with Crippen molar-refractivity contribution in [2.24, 2.45) is 0 Å². The first-order chi connectivity index (χ1) is 12.5. The van der Waals surface area contributed by atoms with Crippen LogP contribution in [0, 0.1) is 0 Å². The molecule has 6 nitrogen and oxygen atoms in total. The highest BCUT2D eigenvalue weighted by Gasteiger charge is 2.22. The summed E-state index contributed by atoms with van der Waals surface area (Å²) in [5.41, 5.74) is 1.88. The molecule has 3 rings (SSSR count). The van der Waals surface area contributed by atoms with Gasteiger partial charge >= 0.3 is 6.03 Å². The summed E-state index contributed by atoms with van der Waals surface area (Å²) in [5, 5.41) is 4.60. The molecule has 0 spiro atoms. The standard InChI is InChI=1S/C18H14Br2N2O4/c1-25-16-7-10(6-14-17(23)22-18(24)21-14)2-5-15(16)26-9-11-3-4-12(19)8-13(11)20/h2-8H,9H2,1H3,(H2,21,22,23,24)/b14-6+. The molecular formula is C18H14Br2N2O4. The van der Waals surface area contributed by atoms with E-state index in [1.807, 2.05) is 18.2 Å². The third-order valence-corrected chi connectivity index (χ3v) is 4.85. The van der Waals surface area contributed by atoms with E-state index >= 15 is 0 Å². The Balaban J connectivity index is 1.77. The van der Waals surface area contributed by atoms with Crippen LogP contribution in [0.2, 0.25) is 0 Å². The van der Waals surface area contributed by atoms with Crippen molar-refractivity contribution in [1.29, 1.82) is 0 Å². The van der Waals surface area contributed by atoms with Gasteiger partial charge < -0.3 is 14.8 Å². The molecule has 0 saturated carbocycles. The maximum absolute atomic E-state index is 11.6. The smallest absolute Gasteiger partial charge is 0.326 e. The zero-order valence-corrected chi connectivity index (χ0v) is 16.8. The molecule has 1 fully saturated rings. The molecule has 2 aromatic rings. The number of amides is 3. The number of carbonyl (C=O) groups excluding carboxylic acids is 2. The molecule has 1 saturated heterocycles. The van der Waals surface area contributed by atoms with Crippen molar-refractivity contribution in [3.63, 3.8) is 0 Å². The second kappa shape index (κ2) is 7.92. The number of carbonyl (C=O) groups is 2. The molecule has 26 heavy (non-hydrogen) atoms. The molecule has 0 radical (unpaired) electrons. The molecule has 1 heterocycles. The predicted octanol–water partition coefficient (Wildman–Crippen LogP) is 3.98. The minimum atomic E-state index is -0.534. The number of urea groups is 1. The molecule has 0 aliphatic carbocycles. The Morgan fingerprint density at radius 1 is 1.04 bits per heavy atom. The lowest BCUT2D eigenvalue weighted by molar-refractivity contribution is -0.115. The Labute approximate surface area is 166 Å². The summed E-state index contributed by atoms with van der Waals surface area (Å²) in [5.74, 6) is 0.635. The lowest BCUT2D eigenvalue weighted by atomic mass is 10.1. The van der Waals surface area contributed by atoms with E-state index in [9.17, 15) is 9.59 Å². The second-order valence-corrected chi connectivity index (χ2v) is 7.17. The molecular weight excluding hydrogens is 468 g/mol. The number of rotatable bonds is 5. The lowest BCUT2D eigenvalue weighted by Gasteiger charge is -2.12. The van der Waals surface area contributed by atoms with Crippen LogP contribution in [0.4, 0.5) is 4.79 Å². The van der Waals surface area contributed by atoms with E-state index in [1.54, 1.807) is 31.4 Å². The lowest BCUT2D eigenvalue weighted by Crippen LogP contribution is -2.22. The average molecular weight is 482 g/mol. The van der Waals surface area contributed by atoms with E-state index in [-0.39, 0.29) is 5.70 Å². The minimum Gasteiger partial charge on any atom is -0.493 e. The zero-order valence-electron chi connectivity index (χ0n) is 13.6. The zero-order chi connectivity index (χ0) is 18.7. The van der Waals surface area contributed by atoms with Gasteiger partial charge in [0.1, 0.15) is 12.3 Å². The molecule has 2 N–H and O–H groups in total. The van der Waals surface area contributed by atoms with E-state index in [4.69, 9.17) is 9.47 Å². The summed E-state index contributed by atoms with van der Waals surface area (Å²) in [6, 6.07) is 10.6. The van der Waals surface area contributed by atoms with Gasteiger partial charge in [-0.1, -0.05) is 44.0 Å². The maximum atomic E-state index is 11.6. The fourth-order valence-electron chi connectivity index (χ4n) is 2.34. The minimum absolute atomic E-state index is 0.185. The van der Waals surface area contributed by atoms with Gasteiger partial charge in [0.15, 0.2) is 11.5 Å². The van der Waals surface area contributed by atoms with Crippen molar-refractivity contribution >= 4 is 49.9 Å². The molecule has 2 aromatic carbocycles. The van der Waals surface area contributed by atoms with Crippen LogP contribution in [0.5, 0.6) is 11.5 Å². The van der Waals surface area contributed by atoms with Crippen molar-refractivity contribution in [1.82, 2.24) is 10.6 Å². The first kappa shape index (κ1) is 18.5. The monoisotopic (exact) mass is 480 g/mol. The van der Waals surface area contributed by atoms with Gasteiger partial charge in [-0.2, -0.15) is 0 Å². The van der Waals surface area contributed by atoms with Crippen LogP contribution in [0.25, 0.3) is 6.08 Å². The van der Waals surface area contributed by atoms with Gasteiger partial charge in [-0.05, 0) is 35.9 Å². The number of nitrogens with one attached hydrogen (secondary N) is 2. The second-order valence-electron chi connectivity index (χ2n) is 5.40. The molecule has 0 atom stereocenters. The van der Waals surface area contributed by atoms with Gasteiger partial charge in [0.05, 0.1) is 7.11 Å². The van der Waals surface area contributed by atoms with Crippen LogP contribution in [0.15, 0.2) is 51.0 Å². The topological polar surface area (TPSA) is 76.7 Å². The maximum Gasteiger partial charge on any atom is 0.326 e. The van der Waals surface area contributed by atoms with Gasteiger partial charge in [-0.25, -0.2) is 4.79 Å². The highest BCUT2D eigenvalue weighted by Crippen LogP contribution is 2.31. The van der Waals surface area contributed by atoms with Crippen LogP contribution < -0.4 is 20.1 Å². The van der Waals surface area contributed by atoms with E-state index in [0.717, 1.165) is 14.5 Å². The van der Waals surface area contributed by atoms with Crippen LogP contribution in [-0.4, -0.2) is 19.0 Å². The summed E-state index contributed by atoms with van der Waals surface area (Å²) >= 11 is 6.92. The predicted molar refractivity (Wildman–Crippen MR) is 104 cm³/mol. The fourth-order valence-corrected chi connectivity index (χ4v) is 3.50. The highest BCUT2D eigenvalue weighted by molar-refractivity contribution is 9.11. The summed E-state index contributed by atoms with van der Waals surface area (Å²) in [6.45, 7) is 0.364. The van der Waals surface area contributed by atoms with Gasteiger partial charge in [0.2, 0.25) is 0 Å². The van der Waals surface area contributed by atoms with Crippen molar-refractivity contribution in [2.75, 3.05) is 7.11 Å². The summed E-state index contributed by atoms with van der Waals surface area (Å²) in [7, 11) is 1.54. The van der Waals surface area contributed by atoms with Crippen molar-refractivity contribution in [3.8, 4) is 11.5 Å². The van der Waals surface area contributed by atoms with E-state index in [0.29, 0.717) is 23.7 Å². The van der Waals surface area contributed by atoms with Crippen LogP contribution in [-0.2, 0) is 11.4 Å². The van der Waals surface area contributed by atoms with Crippen LogP contribution >= 0.6 is 31.9 Å². The third kappa shape index (κ3) is 4.25. The number of hydrogen-bond donors (Lipinski definition) is 2. The van der Waals surface area contributed by atoms with Gasteiger partial charge in [0.25, 0.3) is 5.91 Å². The molecule has 1 aliphatic heterocycles. The normalized spacial score (nSPS) is 15.0. The van der Waals surface area contributed by atoms with Gasteiger partial charge in [-0.3, -0.25) is 10.1 Å². The third-order valence-electron chi connectivity index (χ3n) is 3.62. The molecule has 1 aliphatic rings. The molecule has 0 unspecified atom stereocenters. The first-order valence-electron chi connectivity index (χ1n) is 7.55. The summed E-state index contributed by atoms with van der Waals surface area (Å²) in [4.78, 5) is 22.8. The highest BCUT2D eigenvalue weighted by atomic mass is 79.9. The van der Waals surface area contributed by atoms with Gasteiger partial charge in [0, 0.05) is 14.5 Å². The Morgan fingerprint density at radius 3 is 2.50 bits per heavy atom. The molecule has 0 bridgehead atoms. The quantitative estimate of drug-likeness (QED) is 0.500. The number of halogens is 2. The number of methoxy groups -OCH3 is 1. The largest absolute Gasteiger partial charge is 0.493 e. The number of ether oxygens (including phenoxy) is 2. The van der Waals surface area contributed by atoms with Crippen molar-refractivity contribution in [3.05, 3.63) is 62.2 Å².